The van der Waals surface area contributed by atoms with Crippen LogP contribution in [0, 0.1) is 11.7 Å². The Labute approximate surface area is 113 Å². The first kappa shape index (κ1) is 15.4. The van der Waals surface area contributed by atoms with Crippen LogP contribution >= 0.6 is 11.6 Å². The van der Waals surface area contributed by atoms with Crippen LogP contribution in [-0.2, 0) is 11.2 Å². The molecule has 0 saturated carbocycles. The number of hydrogen-bond donors (Lipinski definition) is 1. The van der Waals surface area contributed by atoms with Gasteiger partial charge in [0, 0.05) is 24.8 Å². The number of hydrogen-bond acceptors (Lipinski definition) is 2. The summed E-state index contributed by atoms with van der Waals surface area (Å²) in [5.74, 6) is 0.213. The van der Waals surface area contributed by atoms with E-state index in [1.807, 2.05) is 7.05 Å². The Morgan fingerprint density at radius 2 is 2.17 bits per heavy atom. The molecule has 2 atom stereocenters. The molecular weight excluding hydrogens is 253 g/mol. The van der Waals surface area contributed by atoms with E-state index in [0.717, 1.165) is 13.0 Å². The lowest BCUT2D eigenvalue weighted by molar-refractivity contribution is 0.150. The van der Waals surface area contributed by atoms with E-state index in [0.29, 0.717) is 22.9 Å². The Morgan fingerprint density at radius 1 is 1.44 bits per heavy atom. The molecule has 1 N–H and O–H groups in total. The van der Waals surface area contributed by atoms with Gasteiger partial charge in [-0.1, -0.05) is 24.6 Å². The summed E-state index contributed by atoms with van der Waals surface area (Å²) in [4.78, 5) is 0. The topological polar surface area (TPSA) is 21.3 Å². The molecule has 0 amide bonds. The van der Waals surface area contributed by atoms with E-state index >= 15 is 0 Å². The molecule has 1 aromatic carbocycles. The second-order valence-electron chi connectivity index (χ2n) is 4.72. The van der Waals surface area contributed by atoms with Crippen molar-refractivity contribution in [2.75, 3.05) is 20.8 Å². The Kier molecular flexibility index (Phi) is 6.61. The van der Waals surface area contributed by atoms with Crippen molar-refractivity contribution in [2.24, 2.45) is 5.92 Å². The minimum Gasteiger partial charge on any atom is -0.384 e. The number of likely N-dealkylation sites (N-methyl/N-ethyl adjacent to an activating group) is 1. The molecule has 0 bridgehead atoms. The molecule has 0 radical (unpaired) electrons. The lowest BCUT2D eigenvalue weighted by Gasteiger charge is -2.20. The van der Waals surface area contributed by atoms with E-state index in [9.17, 15) is 4.39 Å². The molecular formula is C14H21ClFNO. The molecule has 2 nitrogen and oxygen atoms in total. The molecule has 18 heavy (non-hydrogen) atoms. The Balaban J connectivity index is 2.62. The molecule has 0 saturated heterocycles. The van der Waals surface area contributed by atoms with Crippen LogP contribution in [0.5, 0.6) is 0 Å². The monoisotopic (exact) mass is 273 g/mol. The number of nitrogens with one attached hydrogen (secondary N) is 1. The summed E-state index contributed by atoms with van der Waals surface area (Å²) in [6.07, 6.45) is 1.61. The smallest absolute Gasteiger partial charge is 0.127 e. The summed E-state index contributed by atoms with van der Waals surface area (Å²) in [5.41, 5.74) is 0.698. The van der Waals surface area contributed by atoms with Gasteiger partial charge in [-0.15, -0.1) is 0 Å². The third-order valence-electron chi connectivity index (χ3n) is 3.03. The SMILES string of the molecule is CNC(Cc1ccc(Cl)cc1F)CC(C)COC. The number of rotatable bonds is 7. The fourth-order valence-corrected chi connectivity index (χ4v) is 2.25. The van der Waals surface area contributed by atoms with Crippen LogP contribution in [0.25, 0.3) is 0 Å². The maximum Gasteiger partial charge on any atom is 0.127 e. The van der Waals surface area contributed by atoms with E-state index in [1.165, 1.54) is 6.07 Å². The Bertz CT molecular complexity index is 373. The molecule has 102 valence electrons. The first-order valence-electron chi connectivity index (χ1n) is 6.17. The highest BCUT2D eigenvalue weighted by atomic mass is 35.5. The summed E-state index contributed by atoms with van der Waals surface area (Å²) in [5, 5.41) is 3.66. The van der Waals surface area contributed by atoms with Crippen molar-refractivity contribution in [2.45, 2.75) is 25.8 Å². The zero-order valence-electron chi connectivity index (χ0n) is 11.2. The molecule has 0 heterocycles. The first-order chi connectivity index (χ1) is 8.56. The van der Waals surface area contributed by atoms with E-state index in [1.54, 1.807) is 19.2 Å². The molecule has 2 unspecified atom stereocenters. The van der Waals surface area contributed by atoms with Gasteiger partial charge < -0.3 is 10.1 Å². The van der Waals surface area contributed by atoms with E-state index in [4.69, 9.17) is 16.3 Å². The van der Waals surface area contributed by atoms with Gasteiger partial charge in [-0.3, -0.25) is 0 Å². The predicted molar refractivity (Wildman–Crippen MR) is 73.6 cm³/mol. The fraction of sp³-hybridized carbons (Fsp3) is 0.571. The third kappa shape index (κ3) is 4.92. The van der Waals surface area contributed by atoms with Crippen molar-refractivity contribution in [1.29, 1.82) is 0 Å². The van der Waals surface area contributed by atoms with Gasteiger partial charge in [0.2, 0.25) is 0 Å². The minimum absolute atomic E-state index is 0.234. The van der Waals surface area contributed by atoms with Crippen LogP contribution in [0.1, 0.15) is 18.9 Å². The number of halogens is 2. The van der Waals surface area contributed by atoms with Gasteiger partial charge in [0.05, 0.1) is 0 Å². The average molecular weight is 274 g/mol. The molecule has 0 fully saturated rings. The molecule has 1 rings (SSSR count). The molecule has 0 aromatic heterocycles. The summed E-state index contributed by atoms with van der Waals surface area (Å²) >= 11 is 5.74. The van der Waals surface area contributed by atoms with Crippen LogP contribution in [0.3, 0.4) is 0 Å². The van der Waals surface area contributed by atoms with Gasteiger partial charge in [0.15, 0.2) is 0 Å². The molecule has 4 heteroatoms. The van der Waals surface area contributed by atoms with Crippen molar-refractivity contribution >= 4 is 11.6 Å². The standard InChI is InChI=1S/C14H21ClFNO/c1-10(9-18-3)6-13(17-2)7-11-4-5-12(15)8-14(11)16/h4-5,8,10,13,17H,6-7,9H2,1-3H3. The number of ether oxygens (including phenoxy) is 1. The van der Waals surface area contributed by atoms with Crippen molar-refractivity contribution < 1.29 is 9.13 Å². The molecule has 0 aliphatic carbocycles. The Morgan fingerprint density at radius 3 is 2.72 bits per heavy atom. The zero-order valence-corrected chi connectivity index (χ0v) is 11.9. The zero-order chi connectivity index (χ0) is 13.5. The van der Waals surface area contributed by atoms with Crippen LogP contribution < -0.4 is 5.32 Å². The summed E-state index contributed by atoms with van der Waals surface area (Å²) in [7, 11) is 3.60. The largest absolute Gasteiger partial charge is 0.384 e. The number of benzene rings is 1. The van der Waals surface area contributed by atoms with Crippen LogP contribution in [0.15, 0.2) is 18.2 Å². The lowest BCUT2D eigenvalue weighted by atomic mass is 9.96. The maximum absolute atomic E-state index is 13.7. The van der Waals surface area contributed by atoms with Gasteiger partial charge in [-0.25, -0.2) is 4.39 Å². The average Bonchev–Trinajstić information content (AvgIpc) is 2.31. The number of methoxy groups -OCH3 is 1. The second kappa shape index (κ2) is 7.72. The van der Waals surface area contributed by atoms with E-state index in [2.05, 4.69) is 12.2 Å². The molecule has 1 aromatic rings. The van der Waals surface area contributed by atoms with Crippen molar-refractivity contribution in [3.8, 4) is 0 Å². The highest BCUT2D eigenvalue weighted by Crippen LogP contribution is 2.18. The van der Waals surface area contributed by atoms with Gasteiger partial charge >= 0.3 is 0 Å². The van der Waals surface area contributed by atoms with Crippen molar-refractivity contribution in [3.05, 3.63) is 34.6 Å². The maximum atomic E-state index is 13.7. The molecule has 0 spiro atoms. The van der Waals surface area contributed by atoms with Crippen LogP contribution in [0.4, 0.5) is 4.39 Å². The van der Waals surface area contributed by atoms with E-state index in [-0.39, 0.29) is 11.9 Å². The summed E-state index contributed by atoms with van der Waals surface area (Å²) in [6, 6.07) is 5.09. The van der Waals surface area contributed by atoms with Gasteiger partial charge in [-0.05, 0) is 43.5 Å². The van der Waals surface area contributed by atoms with Crippen molar-refractivity contribution in [3.63, 3.8) is 0 Å². The second-order valence-corrected chi connectivity index (χ2v) is 5.16. The normalized spacial score (nSPS) is 14.5. The summed E-state index contributed by atoms with van der Waals surface area (Å²) < 4.78 is 18.8. The predicted octanol–water partition coefficient (Wildman–Crippen LogP) is 3.28. The van der Waals surface area contributed by atoms with Crippen LogP contribution in [0.2, 0.25) is 5.02 Å². The Hall–Kier alpha value is -0.640. The minimum atomic E-state index is -0.234. The van der Waals surface area contributed by atoms with Crippen molar-refractivity contribution in [1.82, 2.24) is 5.32 Å². The lowest BCUT2D eigenvalue weighted by Crippen LogP contribution is -2.30. The molecule has 0 aliphatic rings. The van der Waals surface area contributed by atoms with Gasteiger partial charge in [-0.2, -0.15) is 0 Å². The quantitative estimate of drug-likeness (QED) is 0.823. The fourth-order valence-electron chi connectivity index (χ4n) is 2.09. The van der Waals surface area contributed by atoms with Crippen LogP contribution in [-0.4, -0.2) is 26.8 Å². The summed E-state index contributed by atoms with van der Waals surface area (Å²) in [6.45, 7) is 2.85. The van der Waals surface area contributed by atoms with Gasteiger partial charge in [0.25, 0.3) is 0 Å². The highest BCUT2D eigenvalue weighted by Gasteiger charge is 2.14. The highest BCUT2D eigenvalue weighted by molar-refractivity contribution is 6.30. The third-order valence-corrected chi connectivity index (χ3v) is 3.26. The van der Waals surface area contributed by atoms with E-state index < -0.39 is 0 Å². The first-order valence-corrected chi connectivity index (χ1v) is 6.54. The molecule has 0 aliphatic heterocycles. The van der Waals surface area contributed by atoms with Gasteiger partial charge in [0.1, 0.15) is 5.82 Å².